The number of carbonyl (C=O) groups is 3. The van der Waals surface area contributed by atoms with Gasteiger partial charge in [0.25, 0.3) is 0 Å². The van der Waals surface area contributed by atoms with Crippen molar-refractivity contribution in [3.63, 3.8) is 0 Å². The van der Waals surface area contributed by atoms with E-state index in [1.807, 2.05) is 0 Å². The SMILES string of the molecule is C=C[C@]1(F)CC1(C(=O)OC)N(C(=O)OC(C)(C)C)C(=O)OC(C)(C)C. The number of ether oxygens (including phenoxy) is 3. The number of esters is 1. The third kappa shape index (κ3) is 4.11. The van der Waals surface area contributed by atoms with Crippen molar-refractivity contribution < 1.29 is 33.0 Å². The van der Waals surface area contributed by atoms with Crippen molar-refractivity contribution in [2.75, 3.05) is 7.11 Å². The highest BCUT2D eigenvalue weighted by Gasteiger charge is 2.80. The molecule has 0 spiro atoms. The molecule has 0 aliphatic heterocycles. The summed E-state index contributed by atoms with van der Waals surface area (Å²) in [5.41, 5.74) is -6.48. The summed E-state index contributed by atoms with van der Waals surface area (Å²) >= 11 is 0. The maximum Gasteiger partial charge on any atom is 0.421 e. The minimum absolute atomic E-state index is 0.358. The standard InChI is InChI=1S/C17H26FNO6/c1-9-16(18)10-17(16,11(20)23-8)19(12(21)24-14(2,3)4)13(22)25-15(5,6)7/h9H,1,10H2,2-8H3/t16-,17?/m0/s1. The summed E-state index contributed by atoms with van der Waals surface area (Å²) < 4.78 is 29.9. The van der Waals surface area contributed by atoms with Gasteiger partial charge in [-0.15, -0.1) is 0 Å². The van der Waals surface area contributed by atoms with Gasteiger partial charge in [-0.2, -0.15) is 4.90 Å². The van der Waals surface area contributed by atoms with Crippen LogP contribution in [0, 0.1) is 0 Å². The Balaban J connectivity index is 3.39. The lowest BCUT2D eigenvalue weighted by Crippen LogP contribution is -2.57. The van der Waals surface area contributed by atoms with Crippen LogP contribution >= 0.6 is 0 Å². The van der Waals surface area contributed by atoms with E-state index in [1.54, 1.807) is 41.5 Å². The van der Waals surface area contributed by atoms with E-state index in [2.05, 4.69) is 11.3 Å². The van der Waals surface area contributed by atoms with Crippen LogP contribution in [0.1, 0.15) is 48.0 Å². The molecule has 0 aromatic heterocycles. The van der Waals surface area contributed by atoms with E-state index in [0.717, 1.165) is 13.2 Å². The van der Waals surface area contributed by atoms with Gasteiger partial charge in [0.2, 0.25) is 0 Å². The van der Waals surface area contributed by atoms with Gasteiger partial charge in [0.05, 0.1) is 7.11 Å². The number of rotatable bonds is 3. The Morgan fingerprint density at radius 2 is 1.44 bits per heavy atom. The first-order valence-electron chi connectivity index (χ1n) is 7.81. The minimum atomic E-state index is -2.33. The van der Waals surface area contributed by atoms with E-state index >= 15 is 0 Å². The smallest absolute Gasteiger partial charge is 0.421 e. The zero-order valence-electron chi connectivity index (χ0n) is 15.8. The van der Waals surface area contributed by atoms with Crippen LogP contribution in [0.4, 0.5) is 14.0 Å². The second-order valence-corrected chi connectivity index (χ2v) is 7.89. The van der Waals surface area contributed by atoms with Crippen LogP contribution in [-0.4, -0.2) is 52.6 Å². The molecule has 0 heterocycles. The molecule has 0 saturated heterocycles. The largest absolute Gasteiger partial charge is 0.467 e. The van der Waals surface area contributed by atoms with Crippen molar-refractivity contribution in [3.05, 3.63) is 12.7 Å². The van der Waals surface area contributed by atoms with E-state index in [4.69, 9.17) is 9.47 Å². The van der Waals surface area contributed by atoms with Gasteiger partial charge < -0.3 is 14.2 Å². The maximum atomic E-state index is 14.9. The molecule has 1 saturated carbocycles. The molecule has 1 rings (SSSR count). The highest BCUT2D eigenvalue weighted by Crippen LogP contribution is 2.57. The second-order valence-electron chi connectivity index (χ2n) is 7.89. The normalized spacial score (nSPS) is 25.6. The van der Waals surface area contributed by atoms with Crippen LogP contribution in [0.25, 0.3) is 0 Å². The molecule has 8 heteroatoms. The van der Waals surface area contributed by atoms with Gasteiger partial charge in [0, 0.05) is 6.42 Å². The van der Waals surface area contributed by atoms with Crippen LogP contribution in [-0.2, 0) is 19.0 Å². The molecule has 25 heavy (non-hydrogen) atoms. The van der Waals surface area contributed by atoms with E-state index in [-0.39, 0.29) is 0 Å². The van der Waals surface area contributed by atoms with Gasteiger partial charge in [0.15, 0.2) is 11.2 Å². The number of halogens is 1. The number of alkyl halides is 1. The van der Waals surface area contributed by atoms with Crippen molar-refractivity contribution in [3.8, 4) is 0 Å². The van der Waals surface area contributed by atoms with E-state index < -0.39 is 47.0 Å². The Hall–Kier alpha value is -2.12. The van der Waals surface area contributed by atoms with Crippen molar-refractivity contribution in [1.82, 2.24) is 4.90 Å². The fraction of sp³-hybridized carbons (Fsp3) is 0.706. The maximum absolute atomic E-state index is 14.9. The molecule has 1 unspecified atom stereocenters. The van der Waals surface area contributed by atoms with Gasteiger partial charge in [0.1, 0.15) is 11.2 Å². The first kappa shape index (κ1) is 20.9. The Labute approximate surface area is 147 Å². The number of methoxy groups -OCH3 is 1. The number of imide groups is 1. The third-order valence-corrected chi connectivity index (χ3v) is 3.46. The molecule has 2 atom stereocenters. The fourth-order valence-electron chi connectivity index (χ4n) is 2.34. The summed E-state index contributed by atoms with van der Waals surface area (Å²) in [7, 11) is 1.04. The molecule has 0 aromatic carbocycles. The Morgan fingerprint density at radius 3 is 1.68 bits per heavy atom. The van der Waals surface area contributed by atoms with Crippen LogP contribution in [0.15, 0.2) is 12.7 Å². The summed E-state index contributed by atoms with van der Waals surface area (Å²) in [6, 6.07) is 0. The number of carbonyl (C=O) groups excluding carboxylic acids is 3. The molecular formula is C17H26FNO6. The number of hydrogen-bond acceptors (Lipinski definition) is 6. The molecule has 0 N–H and O–H groups in total. The molecule has 1 fully saturated rings. The first-order chi connectivity index (χ1) is 11.1. The zero-order chi connectivity index (χ0) is 19.8. The molecule has 2 amide bonds. The molecule has 1 aliphatic rings. The molecule has 0 radical (unpaired) electrons. The zero-order valence-corrected chi connectivity index (χ0v) is 15.8. The van der Waals surface area contributed by atoms with Crippen LogP contribution < -0.4 is 0 Å². The van der Waals surface area contributed by atoms with E-state index in [9.17, 15) is 18.8 Å². The predicted octanol–water partition coefficient (Wildman–Crippen LogP) is 3.37. The quantitative estimate of drug-likeness (QED) is 0.436. The lowest BCUT2D eigenvalue weighted by atomic mass is 10.1. The Kier molecular flexibility index (Phi) is 5.28. The highest BCUT2D eigenvalue weighted by atomic mass is 19.1. The Bertz CT molecular complexity index is 563. The van der Waals surface area contributed by atoms with Gasteiger partial charge in [-0.25, -0.2) is 18.8 Å². The minimum Gasteiger partial charge on any atom is -0.467 e. The average Bonchev–Trinajstić information content (AvgIpc) is 3.01. The topological polar surface area (TPSA) is 82.1 Å². The summed E-state index contributed by atoms with van der Waals surface area (Å²) in [4.78, 5) is 37.8. The van der Waals surface area contributed by atoms with Gasteiger partial charge in [-0.3, -0.25) is 0 Å². The van der Waals surface area contributed by atoms with Crippen LogP contribution in [0.3, 0.4) is 0 Å². The molecular weight excluding hydrogens is 333 g/mol. The summed E-state index contributed by atoms with van der Waals surface area (Å²) in [6.45, 7) is 12.8. The van der Waals surface area contributed by atoms with Gasteiger partial charge in [-0.1, -0.05) is 12.7 Å². The monoisotopic (exact) mass is 359 g/mol. The van der Waals surface area contributed by atoms with Crippen molar-refractivity contribution >= 4 is 18.2 Å². The Morgan fingerprint density at radius 1 is 1.04 bits per heavy atom. The second kappa shape index (κ2) is 6.31. The van der Waals surface area contributed by atoms with Crippen LogP contribution in [0.5, 0.6) is 0 Å². The van der Waals surface area contributed by atoms with E-state index in [0.29, 0.717) is 4.90 Å². The van der Waals surface area contributed by atoms with Crippen LogP contribution in [0.2, 0.25) is 0 Å². The summed E-state index contributed by atoms with van der Waals surface area (Å²) in [5.74, 6) is -1.09. The van der Waals surface area contributed by atoms with Gasteiger partial charge >= 0.3 is 18.2 Å². The van der Waals surface area contributed by atoms with Gasteiger partial charge in [-0.05, 0) is 41.5 Å². The molecule has 1 aliphatic carbocycles. The third-order valence-electron chi connectivity index (χ3n) is 3.46. The first-order valence-corrected chi connectivity index (χ1v) is 7.81. The lowest BCUT2D eigenvalue weighted by molar-refractivity contribution is -0.150. The van der Waals surface area contributed by atoms with Crippen molar-refractivity contribution in [2.45, 2.75) is 70.4 Å². The number of hydrogen-bond donors (Lipinski definition) is 0. The number of nitrogens with zero attached hydrogens (tertiary/aromatic N) is 1. The summed E-state index contributed by atoms with van der Waals surface area (Å²) in [5, 5.41) is 0. The predicted molar refractivity (Wildman–Crippen MR) is 87.7 cm³/mol. The molecule has 0 bridgehead atoms. The lowest BCUT2D eigenvalue weighted by Gasteiger charge is -2.33. The molecule has 142 valence electrons. The summed E-state index contributed by atoms with van der Waals surface area (Å²) in [6.07, 6.45) is -2.01. The molecule has 7 nitrogen and oxygen atoms in total. The fourth-order valence-corrected chi connectivity index (χ4v) is 2.34. The average molecular weight is 359 g/mol. The van der Waals surface area contributed by atoms with Crippen molar-refractivity contribution in [1.29, 1.82) is 0 Å². The number of amides is 2. The molecule has 0 aromatic rings. The highest BCUT2D eigenvalue weighted by molar-refractivity contribution is 6.01. The van der Waals surface area contributed by atoms with Crippen molar-refractivity contribution in [2.24, 2.45) is 0 Å². The van der Waals surface area contributed by atoms with E-state index in [1.165, 1.54) is 0 Å².